The molecule has 16 heavy (non-hydrogen) atoms. The van der Waals surface area contributed by atoms with Crippen LogP contribution in [-0.4, -0.2) is 42.0 Å². The normalized spacial score (nSPS) is 27.2. The van der Waals surface area contributed by atoms with Crippen LogP contribution in [0.4, 0.5) is 0 Å². The zero-order chi connectivity index (χ0) is 11.5. The zero-order valence-corrected chi connectivity index (χ0v) is 10.4. The third kappa shape index (κ3) is 2.50. The minimum Gasteiger partial charge on any atom is -0.314 e. The fourth-order valence-corrected chi connectivity index (χ4v) is 2.54. The summed E-state index contributed by atoms with van der Waals surface area (Å²) in [7, 11) is 0. The Bertz CT molecular complexity index is 348. The monoisotopic (exact) mass is 287 g/mol. The van der Waals surface area contributed by atoms with Crippen molar-refractivity contribution in [2.45, 2.75) is 12.5 Å². The Labute approximate surface area is 102 Å². The summed E-state index contributed by atoms with van der Waals surface area (Å²) in [4.78, 5) is 12.8. The van der Waals surface area contributed by atoms with Gasteiger partial charge < -0.3 is 5.32 Å². The quantitative estimate of drug-likeness (QED) is 0.610. The summed E-state index contributed by atoms with van der Waals surface area (Å²) >= 11 is 3.23. The summed E-state index contributed by atoms with van der Waals surface area (Å²) < 4.78 is 0.601. The van der Waals surface area contributed by atoms with Crippen LogP contribution < -0.4 is 5.32 Å². The largest absolute Gasteiger partial charge is 0.314 e. The number of allylic oxidation sites excluding steroid dienone is 1. The molecular formula is C10H14BrN3O2. The second-order valence-corrected chi connectivity index (χ2v) is 4.80. The summed E-state index contributed by atoms with van der Waals surface area (Å²) in [5, 5.41) is 14.1. The maximum atomic E-state index is 10.8. The lowest BCUT2D eigenvalue weighted by Gasteiger charge is -2.33. The molecule has 1 unspecified atom stereocenters. The van der Waals surface area contributed by atoms with Gasteiger partial charge in [0.2, 0.25) is 0 Å². The number of nitrogens with zero attached hydrogens (tertiary/aromatic N) is 2. The van der Waals surface area contributed by atoms with Crippen molar-refractivity contribution in [1.29, 1.82) is 0 Å². The van der Waals surface area contributed by atoms with Gasteiger partial charge in [0, 0.05) is 38.3 Å². The van der Waals surface area contributed by atoms with E-state index in [1.807, 2.05) is 6.08 Å². The molecule has 0 bridgehead atoms. The van der Waals surface area contributed by atoms with Crippen molar-refractivity contribution in [3.63, 3.8) is 0 Å². The van der Waals surface area contributed by atoms with Crippen molar-refractivity contribution in [2.75, 3.05) is 26.2 Å². The summed E-state index contributed by atoms with van der Waals surface area (Å²) in [5.74, 6) is 0. The molecule has 0 aromatic carbocycles. The Morgan fingerprint density at radius 2 is 2.19 bits per heavy atom. The fraction of sp³-hybridized carbons (Fsp3) is 0.600. The smallest absolute Gasteiger partial charge is 0.280 e. The molecule has 0 aromatic rings. The highest BCUT2D eigenvalue weighted by molar-refractivity contribution is 9.11. The molecular weight excluding hydrogens is 274 g/mol. The fourth-order valence-electron chi connectivity index (χ4n) is 2.07. The molecule has 0 spiro atoms. The highest BCUT2D eigenvalue weighted by Crippen LogP contribution is 2.26. The van der Waals surface area contributed by atoms with Crippen LogP contribution in [0.5, 0.6) is 0 Å². The average molecular weight is 288 g/mol. The van der Waals surface area contributed by atoms with E-state index in [4.69, 9.17) is 0 Å². The van der Waals surface area contributed by atoms with E-state index >= 15 is 0 Å². The molecule has 0 radical (unpaired) electrons. The highest BCUT2D eigenvalue weighted by atomic mass is 79.9. The van der Waals surface area contributed by atoms with Gasteiger partial charge in [-0.2, -0.15) is 0 Å². The lowest BCUT2D eigenvalue weighted by atomic mass is 10.0. The summed E-state index contributed by atoms with van der Waals surface area (Å²) in [5.41, 5.74) is 0.190. The number of hydrogen-bond donors (Lipinski definition) is 1. The second-order valence-electron chi connectivity index (χ2n) is 3.95. The van der Waals surface area contributed by atoms with Gasteiger partial charge in [-0.15, -0.1) is 0 Å². The number of halogens is 1. The van der Waals surface area contributed by atoms with Gasteiger partial charge in [-0.05, 0) is 22.4 Å². The molecule has 1 atom stereocenters. The second kappa shape index (κ2) is 5.07. The Hall–Kier alpha value is -0.720. The van der Waals surface area contributed by atoms with E-state index in [0.717, 1.165) is 32.6 Å². The van der Waals surface area contributed by atoms with Crippen molar-refractivity contribution in [3.05, 3.63) is 32.4 Å². The summed E-state index contributed by atoms with van der Waals surface area (Å²) in [6, 6.07) is 0.170. The van der Waals surface area contributed by atoms with E-state index in [0.29, 0.717) is 4.48 Å². The first-order valence-corrected chi connectivity index (χ1v) is 6.15. The van der Waals surface area contributed by atoms with E-state index in [-0.39, 0.29) is 16.7 Å². The van der Waals surface area contributed by atoms with Gasteiger partial charge in [0.05, 0.1) is 9.41 Å². The SMILES string of the molecule is O=[N+]([O-])C1=CC(N2CCNCC2)CC=C1Br. The third-order valence-corrected chi connectivity index (χ3v) is 3.68. The number of nitrogens with one attached hydrogen (secondary N) is 1. The van der Waals surface area contributed by atoms with E-state index in [2.05, 4.69) is 26.1 Å². The molecule has 2 rings (SSSR count). The Morgan fingerprint density at radius 1 is 1.50 bits per heavy atom. The minimum absolute atomic E-state index is 0.170. The highest BCUT2D eigenvalue weighted by Gasteiger charge is 2.26. The van der Waals surface area contributed by atoms with Crippen LogP contribution >= 0.6 is 15.9 Å². The van der Waals surface area contributed by atoms with E-state index in [1.165, 1.54) is 0 Å². The van der Waals surface area contributed by atoms with Crippen LogP contribution in [0.25, 0.3) is 0 Å². The summed E-state index contributed by atoms with van der Waals surface area (Å²) in [6.45, 7) is 3.83. The van der Waals surface area contributed by atoms with Crippen LogP contribution in [0.1, 0.15) is 6.42 Å². The van der Waals surface area contributed by atoms with Gasteiger partial charge in [-0.25, -0.2) is 0 Å². The molecule has 1 N–H and O–H groups in total. The molecule has 6 heteroatoms. The topological polar surface area (TPSA) is 58.4 Å². The van der Waals surface area contributed by atoms with Crippen LogP contribution in [0.3, 0.4) is 0 Å². The summed E-state index contributed by atoms with van der Waals surface area (Å²) in [6.07, 6.45) is 4.50. The van der Waals surface area contributed by atoms with Gasteiger partial charge in [-0.3, -0.25) is 15.0 Å². The predicted molar refractivity (Wildman–Crippen MR) is 64.9 cm³/mol. The van der Waals surface area contributed by atoms with Crippen LogP contribution in [0.2, 0.25) is 0 Å². The first kappa shape index (κ1) is 11.8. The molecule has 5 nitrogen and oxygen atoms in total. The molecule has 0 saturated carbocycles. The number of rotatable bonds is 2. The van der Waals surface area contributed by atoms with Crippen LogP contribution in [-0.2, 0) is 0 Å². The number of hydrogen-bond acceptors (Lipinski definition) is 4. The maximum Gasteiger partial charge on any atom is 0.280 e. The van der Waals surface area contributed by atoms with Crippen LogP contribution in [0.15, 0.2) is 22.3 Å². The van der Waals surface area contributed by atoms with Crippen molar-refractivity contribution in [2.24, 2.45) is 0 Å². The van der Waals surface area contributed by atoms with Gasteiger partial charge in [0.1, 0.15) is 0 Å². The number of piperazine rings is 1. The lowest BCUT2D eigenvalue weighted by molar-refractivity contribution is -0.420. The Morgan fingerprint density at radius 3 is 2.81 bits per heavy atom. The molecule has 1 heterocycles. The number of nitro groups is 1. The van der Waals surface area contributed by atoms with Crippen molar-refractivity contribution < 1.29 is 4.92 Å². The van der Waals surface area contributed by atoms with E-state index in [9.17, 15) is 10.1 Å². The Kier molecular flexibility index (Phi) is 3.73. The lowest BCUT2D eigenvalue weighted by Crippen LogP contribution is -2.48. The van der Waals surface area contributed by atoms with E-state index < -0.39 is 0 Å². The maximum absolute atomic E-state index is 10.8. The molecule has 1 fully saturated rings. The van der Waals surface area contributed by atoms with E-state index in [1.54, 1.807) is 6.08 Å². The zero-order valence-electron chi connectivity index (χ0n) is 8.86. The van der Waals surface area contributed by atoms with Crippen molar-refractivity contribution >= 4 is 15.9 Å². The standard InChI is InChI=1S/C10H14BrN3O2/c11-9-2-1-8(7-10(9)14(15)16)13-5-3-12-4-6-13/h2,7-8,12H,1,3-6H2. The third-order valence-electron chi connectivity index (χ3n) is 2.95. The molecule has 1 aliphatic carbocycles. The molecule has 2 aliphatic rings. The molecule has 0 amide bonds. The van der Waals surface area contributed by atoms with Gasteiger partial charge in [0.15, 0.2) is 0 Å². The molecule has 1 aliphatic heterocycles. The average Bonchev–Trinajstić information content (AvgIpc) is 2.30. The Balaban J connectivity index is 2.10. The predicted octanol–water partition coefficient (Wildman–Crippen LogP) is 1.10. The molecule has 88 valence electrons. The van der Waals surface area contributed by atoms with Gasteiger partial charge >= 0.3 is 0 Å². The minimum atomic E-state index is -0.324. The first-order chi connectivity index (χ1) is 7.68. The van der Waals surface area contributed by atoms with Crippen molar-refractivity contribution in [3.8, 4) is 0 Å². The first-order valence-electron chi connectivity index (χ1n) is 5.35. The van der Waals surface area contributed by atoms with Crippen LogP contribution in [0, 0.1) is 10.1 Å². The molecule has 0 aromatic heterocycles. The van der Waals surface area contributed by atoms with Crippen molar-refractivity contribution in [1.82, 2.24) is 10.2 Å². The van der Waals surface area contributed by atoms with Gasteiger partial charge in [0.25, 0.3) is 5.70 Å². The molecule has 1 saturated heterocycles. The van der Waals surface area contributed by atoms with Gasteiger partial charge in [-0.1, -0.05) is 6.08 Å².